The zero-order valence-corrected chi connectivity index (χ0v) is 20.1. The summed E-state index contributed by atoms with van der Waals surface area (Å²) in [5.41, 5.74) is 12.6. The molecule has 1 aromatic heterocycles. The van der Waals surface area contributed by atoms with Gasteiger partial charge in [-0.2, -0.15) is 0 Å². The Kier molecular flexibility index (Phi) is 9.33. The van der Waals surface area contributed by atoms with E-state index >= 15 is 0 Å². The molecule has 1 aromatic carbocycles. The lowest BCUT2D eigenvalue weighted by Crippen LogP contribution is -2.57. The number of carboxylic acids is 1. The van der Waals surface area contributed by atoms with Crippen molar-refractivity contribution >= 4 is 29.6 Å². The first-order chi connectivity index (χ1) is 17.7. The van der Waals surface area contributed by atoms with Crippen LogP contribution < -0.4 is 22.1 Å². The number of aromatic amines is 1. The molecule has 13 nitrogen and oxygen atoms in total. The van der Waals surface area contributed by atoms with Crippen LogP contribution in [-0.4, -0.2) is 80.3 Å². The highest BCUT2D eigenvalue weighted by Crippen LogP contribution is 2.20. The van der Waals surface area contributed by atoms with Gasteiger partial charge in [0, 0.05) is 31.3 Å². The van der Waals surface area contributed by atoms with Gasteiger partial charge < -0.3 is 37.1 Å². The molecular weight excluding hydrogens is 482 g/mol. The number of H-pyrrole nitrogens is 1. The van der Waals surface area contributed by atoms with E-state index in [1.165, 1.54) is 17.4 Å². The number of aromatic nitrogens is 2. The van der Waals surface area contributed by atoms with Gasteiger partial charge in [0.1, 0.15) is 18.1 Å². The zero-order valence-electron chi connectivity index (χ0n) is 20.1. The number of nitrogens with zero attached hydrogens (tertiary/aromatic N) is 2. The second-order valence-corrected chi connectivity index (χ2v) is 8.90. The molecule has 8 N–H and O–H groups in total. The maximum atomic E-state index is 13.3. The first-order valence-corrected chi connectivity index (χ1v) is 11.8. The molecular formula is C24H31N7O6. The van der Waals surface area contributed by atoms with Crippen molar-refractivity contribution in [3.63, 3.8) is 0 Å². The summed E-state index contributed by atoms with van der Waals surface area (Å²) < 4.78 is 0. The standard InChI is InChI=1S/C24H31N7O6/c25-16(10-15-12-27-13-28-15)21(33)29-17(11-20(26)32)23(35)31-8-4-7-19(31)22(34)30-18(24(36)37)9-14-5-2-1-3-6-14/h1-3,5-6,12-13,16-19H,4,7-11,25H2,(H2,26,32)(H,27,28)(H,29,33)(H,30,34)(H,36,37). The first kappa shape index (κ1) is 27.3. The van der Waals surface area contributed by atoms with E-state index in [0.717, 1.165) is 5.56 Å². The summed E-state index contributed by atoms with van der Waals surface area (Å²) in [4.78, 5) is 70.4. The van der Waals surface area contributed by atoms with E-state index < -0.39 is 60.2 Å². The largest absolute Gasteiger partial charge is 0.480 e. The summed E-state index contributed by atoms with van der Waals surface area (Å²) in [5.74, 6) is -4.01. The Labute approximate surface area is 213 Å². The lowest BCUT2D eigenvalue weighted by Gasteiger charge is -2.29. The number of amides is 4. The normalized spacial score (nSPS) is 17.4. The molecule has 2 heterocycles. The number of hydrogen-bond acceptors (Lipinski definition) is 7. The van der Waals surface area contributed by atoms with E-state index in [1.54, 1.807) is 30.3 Å². The zero-order chi connectivity index (χ0) is 26.9. The number of carbonyl (C=O) groups excluding carboxylic acids is 4. The maximum absolute atomic E-state index is 13.3. The van der Waals surface area contributed by atoms with E-state index in [0.29, 0.717) is 18.5 Å². The molecule has 37 heavy (non-hydrogen) atoms. The van der Waals surface area contributed by atoms with E-state index in [1.807, 2.05) is 0 Å². The van der Waals surface area contributed by atoms with Gasteiger partial charge in [-0.1, -0.05) is 30.3 Å². The molecule has 0 radical (unpaired) electrons. The Balaban J connectivity index is 1.68. The predicted molar refractivity (Wildman–Crippen MR) is 130 cm³/mol. The molecule has 3 rings (SSSR count). The smallest absolute Gasteiger partial charge is 0.326 e. The van der Waals surface area contributed by atoms with E-state index in [4.69, 9.17) is 11.5 Å². The van der Waals surface area contributed by atoms with Crippen LogP contribution in [0.15, 0.2) is 42.9 Å². The highest BCUT2D eigenvalue weighted by molar-refractivity contribution is 5.96. The molecule has 1 aliphatic rings. The Bertz CT molecular complexity index is 1110. The van der Waals surface area contributed by atoms with Crippen LogP contribution in [0, 0.1) is 0 Å². The van der Waals surface area contributed by atoms with Crippen molar-refractivity contribution < 1.29 is 29.1 Å². The van der Waals surface area contributed by atoms with Crippen LogP contribution in [0.1, 0.15) is 30.5 Å². The fourth-order valence-corrected chi connectivity index (χ4v) is 4.23. The Hall–Kier alpha value is -4.26. The molecule has 4 unspecified atom stereocenters. The fourth-order valence-electron chi connectivity index (χ4n) is 4.23. The van der Waals surface area contributed by atoms with Gasteiger partial charge in [-0.3, -0.25) is 19.2 Å². The minimum absolute atomic E-state index is 0.0666. The number of benzene rings is 1. The van der Waals surface area contributed by atoms with Gasteiger partial charge in [0.25, 0.3) is 0 Å². The second kappa shape index (κ2) is 12.6. The molecule has 4 amide bonds. The molecule has 13 heteroatoms. The minimum atomic E-state index is -1.33. The Morgan fingerprint density at radius 3 is 2.46 bits per heavy atom. The van der Waals surface area contributed by atoms with Crippen molar-refractivity contribution in [1.82, 2.24) is 25.5 Å². The van der Waals surface area contributed by atoms with Gasteiger partial charge in [0.05, 0.1) is 18.8 Å². The summed E-state index contributed by atoms with van der Waals surface area (Å²) in [6.45, 7) is 0.193. The second-order valence-electron chi connectivity index (χ2n) is 8.90. The predicted octanol–water partition coefficient (Wildman–Crippen LogP) is -1.56. The van der Waals surface area contributed by atoms with Crippen LogP contribution in [0.2, 0.25) is 0 Å². The van der Waals surface area contributed by atoms with Crippen molar-refractivity contribution in [2.45, 2.75) is 56.3 Å². The van der Waals surface area contributed by atoms with Crippen molar-refractivity contribution in [1.29, 1.82) is 0 Å². The van der Waals surface area contributed by atoms with Gasteiger partial charge in [0.15, 0.2) is 0 Å². The van der Waals surface area contributed by atoms with Crippen molar-refractivity contribution in [3.8, 4) is 0 Å². The monoisotopic (exact) mass is 513 g/mol. The first-order valence-electron chi connectivity index (χ1n) is 11.8. The van der Waals surface area contributed by atoms with Gasteiger partial charge in [-0.15, -0.1) is 0 Å². The number of carbonyl (C=O) groups is 5. The van der Waals surface area contributed by atoms with Gasteiger partial charge in [-0.05, 0) is 18.4 Å². The third-order valence-corrected chi connectivity index (χ3v) is 6.09. The summed E-state index contributed by atoms with van der Waals surface area (Å²) in [6.07, 6.45) is 3.43. The minimum Gasteiger partial charge on any atom is -0.480 e. The van der Waals surface area contributed by atoms with Crippen LogP contribution in [0.4, 0.5) is 0 Å². The van der Waals surface area contributed by atoms with E-state index in [2.05, 4.69) is 20.6 Å². The number of hydrogen-bond donors (Lipinski definition) is 6. The van der Waals surface area contributed by atoms with Gasteiger partial charge in [0.2, 0.25) is 23.6 Å². The molecule has 4 atom stereocenters. The number of nitrogens with one attached hydrogen (secondary N) is 3. The lowest BCUT2D eigenvalue weighted by molar-refractivity contribution is -0.145. The van der Waals surface area contributed by atoms with Crippen molar-refractivity contribution in [3.05, 3.63) is 54.1 Å². The number of aliphatic carboxylic acids is 1. The average Bonchev–Trinajstić information content (AvgIpc) is 3.55. The molecule has 1 saturated heterocycles. The number of carboxylic acid groups (broad SMARTS) is 1. The SMILES string of the molecule is NC(=O)CC(NC(=O)C(N)Cc1cnc[nH]1)C(=O)N1CCCC1C(=O)NC(Cc1ccccc1)C(=O)O. The van der Waals surface area contributed by atoms with E-state index in [-0.39, 0.29) is 19.4 Å². The quantitative estimate of drug-likeness (QED) is 0.195. The summed E-state index contributed by atoms with van der Waals surface area (Å²) in [7, 11) is 0. The molecule has 1 fully saturated rings. The topological polar surface area (TPSA) is 214 Å². The van der Waals surface area contributed by atoms with Gasteiger partial charge >= 0.3 is 5.97 Å². The van der Waals surface area contributed by atoms with Crippen LogP contribution in [-0.2, 0) is 36.8 Å². The average molecular weight is 514 g/mol. The number of nitrogens with two attached hydrogens (primary N) is 2. The lowest BCUT2D eigenvalue weighted by atomic mass is 10.0. The maximum Gasteiger partial charge on any atom is 0.326 e. The number of rotatable bonds is 12. The third kappa shape index (κ3) is 7.61. The van der Waals surface area contributed by atoms with Gasteiger partial charge in [-0.25, -0.2) is 9.78 Å². The van der Waals surface area contributed by atoms with Crippen LogP contribution in [0.25, 0.3) is 0 Å². The molecule has 0 spiro atoms. The molecule has 198 valence electrons. The molecule has 0 aliphatic carbocycles. The highest BCUT2D eigenvalue weighted by atomic mass is 16.4. The van der Waals surface area contributed by atoms with Crippen LogP contribution in [0.3, 0.4) is 0 Å². The summed E-state index contributed by atoms with van der Waals surface area (Å²) in [6, 6.07) is 4.31. The Morgan fingerprint density at radius 2 is 1.84 bits per heavy atom. The Morgan fingerprint density at radius 1 is 1.11 bits per heavy atom. The number of likely N-dealkylation sites (tertiary alicyclic amines) is 1. The van der Waals surface area contributed by atoms with E-state index in [9.17, 15) is 29.1 Å². The fraction of sp³-hybridized carbons (Fsp3) is 0.417. The molecule has 0 bridgehead atoms. The highest BCUT2D eigenvalue weighted by Gasteiger charge is 2.39. The third-order valence-electron chi connectivity index (χ3n) is 6.09. The van der Waals surface area contributed by atoms with Crippen molar-refractivity contribution in [2.24, 2.45) is 11.5 Å². The number of imidazole rings is 1. The van der Waals surface area contributed by atoms with Crippen LogP contribution in [0.5, 0.6) is 0 Å². The number of primary amides is 1. The molecule has 2 aromatic rings. The molecule has 1 aliphatic heterocycles. The van der Waals surface area contributed by atoms with Crippen molar-refractivity contribution in [2.75, 3.05) is 6.54 Å². The molecule has 0 saturated carbocycles. The van der Waals surface area contributed by atoms with Crippen LogP contribution >= 0.6 is 0 Å². The summed E-state index contributed by atoms with van der Waals surface area (Å²) in [5, 5.41) is 14.6. The summed E-state index contributed by atoms with van der Waals surface area (Å²) >= 11 is 0.